The number of aromatic nitrogens is 4. The molecule has 3 atom stereocenters. The van der Waals surface area contributed by atoms with Gasteiger partial charge in [-0.2, -0.15) is 9.10 Å². The standard InChI is InChI=1S/C52H73N9O13S2Si/c1-51(2,3)73-50(65)54-29-42(74-77(10,11)52(4,5)6)30-55-75(66,67)45-25-24-43(59-27-26-38(44(62)34-59)28-53-49(63)64)46(48-56-58-61(57-48)33-37-16-22-41(72-9)23-17-37)47(45)76(68,69)60(31-35-12-18-39(70-7)19-13-35)32-36-14-20-40(71-8)21-15-36/h12-25,38,42,44,53,55,62H,26-34H2,1-11H3,(H,54,65)(H,63,64)/t38-,42?,44-/m1/s1. The van der Waals surface area contributed by atoms with Crippen LogP contribution in [0.15, 0.2) is 94.7 Å². The number of ether oxygens (including phenoxy) is 4. The van der Waals surface area contributed by atoms with Gasteiger partial charge < -0.3 is 49.1 Å². The topological polar surface area (TPSA) is 275 Å². The molecule has 77 heavy (non-hydrogen) atoms. The third-order valence-electron chi connectivity index (χ3n) is 13.4. The maximum Gasteiger partial charge on any atom is 0.407 e. The van der Waals surface area contributed by atoms with Crippen molar-refractivity contribution in [1.29, 1.82) is 0 Å². The minimum atomic E-state index is -5.05. The van der Waals surface area contributed by atoms with Crippen LogP contribution in [0.2, 0.25) is 18.1 Å². The van der Waals surface area contributed by atoms with Gasteiger partial charge in [-0.1, -0.05) is 57.2 Å². The molecule has 6 rings (SSSR count). The summed E-state index contributed by atoms with van der Waals surface area (Å²) in [7, 11) is -8.07. The number of amides is 2. The molecule has 25 heteroatoms. The highest BCUT2D eigenvalue weighted by Gasteiger charge is 2.42. The monoisotopic (exact) mass is 1120 g/mol. The predicted molar refractivity (Wildman–Crippen MR) is 292 cm³/mol. The van der Waals surface area contributed by atoms with Crippen molar-refractivity contribution in [2.24, 2.45) is 5.92 Å². The SMILES string of the molecule is COc1ccc(CN(Cc2ccc(OC)cc2)S(=O)(=O)c2c(S(=O)(=O)NCC(CNC(=O)OC(C)(C)C)O[Si](C)(C)C(C)(C)C)ccc(N3CC[C@H](CNC(=O)O)[C@H](O)C3)c2-c2nnn(Cc3ccc(OC)cc3)n2)cc1. The number of alkyl carbamates (subject to hydrolysis) is 1. The van der Waals surface area contributed by atoms with E-state index >= 15 is 16.8 Å². The van der Waals surface area contributed by atoms with Crippen LogP contribution in [0.25, 0.3) is 11.4 Å². The van der Waals surface area contributed by atoms with E-state index < -0.39 is 80.6 Å². The number of aliphatic hydroxyl groups is 1. The Morgan fingerprint density at radius 3 is 1.83 bits per heavy atom. The number of hydrogen-bond donors (Lipinski definition) is 5. The second kappa shape index (κ2) is 25.0. The van der Waals surface area contributed by atoms with E-state index in [1.807, 2.05) is 33.9 Å². The van der Waals surface area contributed by atoms with E-state index in [2.05, 4.69) is 25.7 Å². The maximum atomic E-state index is 16.3. The fourth-order valence-electron chi connectivity index (χ4n) is 8.23. The van der Waals surface area contributed by atoms with Crippen molar-refractivity contribution < 1.29 is 60.0 Å². The third-order valence-corrected chi connectivity index (χ3v) is 21.4. The highest BCUT2D eigenvalue weighted by Crippen LogP contribution is 2.43. The summed E-state index contributed by atoms with van der Waals surface area (Å²) in [5.74, 6) is 0.916. The summed E-state index contributed by atoms with van der Waals surface area (Å²) >= 11 is 0. The van der Waals surface area contributed by atoms with Crippen LogP contribution < -0.4 is 34.5 Å². The van der Waals surface area contributed by atoms with Crippen molar-refractivity contribution in [2.75, 3.05) is 59.0 Å². The number of carbonyl (C=O) groups excluding carboxylic acids is 1. The normalized spacial score (nSPS) is 15.9. The van der Waals surface area contributed by atoms with Crippen molar-refractivity contribution in [3.05, 3.63) is 102 Å². The fourth-order valence-corrected chi connectivity index (χ4v) is 13.1. The second-order valence-corrected chi connectivity index (χ2v) is 29.6. The molecule has 1 aromatic heterocycles. The Kier molecular flexibility index (Phi) is 19.4. The number of anilines is 1. The van der Waals surface area contributed by atoms with Gasteiger partial charge in [-0.15, -0.1) is 10.2 Å². The number of nitrogens with zero attached hydrogens (tertiary/aromatic N) is 6. The summed E-state index contributed by atoms with van der Waals surface area (Å²) in [5.41, 5.74) is 0.917. The number of β-amino-alcohol motifs (C(OH)–C–C–N with tert-alkyl or cyclic N) is 1. The molecule has 0 aliphatic carbocycles. The van der Waals surface area contributed by atoms with Gasteiger partial charge in [0.15, 0.2) is 8.32 Å². The molecule has 420 valence electrons. The maximum absolute atomic E-state index is 16.3. The van der Waals surface area contributed by atoms with Crippen LogP contribution in [-0.4, -0.2) is 144 Å². The first-order valence-corrected chi connectivity index (χ1v) is 30.8. The quantitative estimate of drug-likeness (QED) is 0.0439. The Bertz CT molecular complexity index is 2970. The van der Waals surface area contributed by atoms with E-state index in [-0.39, 0.29) is 74.3 Å². The number of carboxylic acid groups (broad SMARTS) is 1. The largest absolute Gasteiger partial charge is 0.497 e. The lowest BCUT2D eigenvalue weighted by molar-refractivity contribution is 0.0498. The zero-order valence-corrected chi connectivity index (χ0v) is 48.2. The predicted octanol–water partition coefficient (Wildman–Crippen LogP) is 6.45. The van der Waals surface area contributed by atoms with E-state index in [1.165, 1.54) is 31.1 Å². The van der Waals surface area contributed by atoms with Crippen LogP contribution >= 0.6 is 0 Å². The highest BCUT2D eigenvalue weighted by molar-refractivity contribution is 7.92. The molecule has 0 saturated carbocycles. The number of rotatable bonds is 23. The highest BCUT2D eigenvalue weighted by atomic mass is 32.2. The zero-order valence-electron chi connectivity index (χ0n) is 45.6. The molecule has 0 bridgehead atoms. The lowest BCUT2D eigenvalue weighted by Crippen LogP contribution is -2.51. The Morgan fingerprint density at radius 2 is 1.34 bits per heavy atom. The average Bonchev–Trinajstić information content (AvgIpc) is 3.84. The molecule has 2 amide bonds. The molecule has 22 nitrogen and oxygen atoms in total. The molecule has 1 aliphatic rings. The third kappa shape index (κ3) is 15.9. The van der Waals surface area contributed by atoms with E-state index in [0.717, 1.165) is 9.87 Å². The molecule has 1 unspecified atom stereocenters. The second-order valence-electron chi connectivity index (χ2n) is 21.2. The molecule has 5 aromatic rings. The summed E-state index contributed by atoms with van der Waals surface area (Å²) < 4.78 is 95.6. The van der Waals surface area contributed by atoms with Crippen LogP contribution in [0.5, 0.6) is 17.2 Å². The zero-order chi connectivity index (χ0) is 56.5. The Morgan fingerprint density at radius 1 is 0.792 bits per heavy atom. The first-order chi connectivity index (χ1) is 36.1. The Balaban J connectivity index is 1.58. The Labute approximate surface area is 452 Å². The average molecular weight is 1120 g/mol. The summed E-state index contributed by atoms with van der Waals surface area (Å²) in [4.78, 5) is 26.1. The van der Waals surface area contributed by atoms with Crippen LogP contribution in [0, 0.1) is 5.92 Å². The van der Waals surface area contributed by atoms with Gasteiger partial charge in [-0.3, -0.25) is 0 Å². The van der Waals surface area contributed by atoms with Crippen LogP contribution in [0.4, 0.5) is 15.3 Å². The molecule has 0 radical (unpaired) electrons. The van der Waals surface area contributed by atoms with Gasteiger partial charge >= 0.3 is 12.2 Å². The number of benzene rings is 4. The van der Waals surface area contributed by atoms with Crippen LogP contribution in [0.3, 0.4) is 0 Å². The number of aliphatic hydroxyl groups excluding tert-OH is 1. The van der Waals surface area contributed by atoms with Gasteiger partial charge in [0, 0.05) is 57.4 Å². The molecular weight excluding hydrogens is 1050 g/mol. The van der Waals surface area contributed by atoms with Crippen molar-refractivity contribution in [2.45, 2.75) is 113 Å². The molecule has 2 heterocycles. The van der Waals surface area contributed by atoms with Gasteiger partial charge in [-0.05, 0) is 116 Å². The summed E-state index contributed by atoms with van der Waals surface area (Å²) in [6.07, 6.45) is -3.81. The first-order valence-electron chi connectivity index (χ1n) is 25.0. The summed E-state index contributed by atoms with van der Waals surface area (Å²) in [5, 5.41) is 39.1. The summed E-state index contributed by atoms with van der Waals surface area (Å²) in [6, 6.07) is 23.3. The molecular formula is C52H73N9O13S2Si. The van der Waals surface area contributed by atoms with Gasteiger partial charge in [0.05, 0.1) is 45.6 Å². The number of hydrogen-bond acceptors (Lipinski definition) is 16. The first kappa shape index (κ1) is 59.9. The molecule has 1 aliphatic heterocycles. The van der Waals surface area contributed by atoms with E-state index in [1.54, 1.807) is 106 Å². The van der Waals surface area contributed by atoms with Crippen molar-refractivity contribution in [3.8, 4) is 28.6 Å². The number of piperidine rings is 1. The number of sulfonamides is 2. The van der Waals surface area contributed by atoms with E-state index in [9.17, 15) is 19.8 Å². The molecule has 4 aromatic carbocycles. The molecule has 5 N–H and O–H groups in total. The van der Waals surface area contributed by atoms with Crippen molar-refractivity contribution in [1.82, 2.24) is 39.9 Å². The lowest BCUT2D eigenvalue weighted by atomic mass is 9.93. The van der Waals surface area contributed by atoms with Crippen LogP contribution in [0.1, 0.15) is 64.7 Å². The number of carbonyl (C=O) groups is 2. The van der Waals surface area contributed by atoms with Crippen LogP contribution in [-0.2, 0) is 48.8 Å². The number of tetrazole rings is 1. The van der Waals surface area contributed by atoms with Crippen molar-refractivity contribution in [3.63, 3.8) is 0 Å². The number of methoxy groups -OCH3 is 3. The number of nitrogens with one attached hydrogen (secondary N) is 3. The van der Waals surface area contributed by atoms with Gasteiger partial charge in [0.2, 0.25) is 25.9 Å². The Hall–Kier alpha value is -6.35. The summed E-state index contributed by atoms with van der Waals surface area (Å²) in [6.45, 7) is 14.2. The van der Waals surface area contributed by atoms with Gasteiger partial charge in [-0.25, -0.2) is 31.1 Å². The van der Waals surface area contributed by atoms with Crippen molar-refractivity contribution >= 4 is 46.2 Å². The molecule has 1 saturated heterocycles. The minimum Gasteiger partial charge on any atom is -0.497 e. The lowest BCUT2D eigenvalue weighted by Gasteiger charge is -2.39. The van der Waals surface area contributed by atoms with E-state index in [4.69, 9.17) is 28.5 Å². The minimum absolute atomic E-state index is 0.0416. The smallest absolute Gasteiger partial charge is 0.407 e. The van der Waals surface area contributed by atoms with Gasteiger partial charge in [0.25, 0.3) is 0 Å². The molecule has 1 fully saturated rings. The van der Waals surface area contributed by atoms with E-state index in [0.29, 0.717) is 28.4 Å². The van der Waals surface area contributed by atoms with Gasteiger partial charge in [0.1, 0.15) is 32.6 Å². The molecule has 0 spiro atoms. The fraction of sp³-hybridized carbons (Fsp3) is 0.481.